The quantitative estimate of drug-likeness (QED) is 0.684. The maximum atomic E-state index is 10.1. The van der Waals surface area contributed by atoms with Crippen LogP contribution in [0.2, 0.25) is 0 Å². The molecule has 15 heavy (non-hydrogen) atoms. The molecule has 0 aromatic rings. The number of rotatable bonds is 3. The minimum Gasteiger partial charge on any atom is -0.386 e. The van der Waals surface area contributed by atoms with Crippen LogP contribution in [0.15, 0.2) is 0 Å². The first-order chi connectivity index (χ1) is 7.18. The highest BCUT2D eigenvalue weighted by Gasteiger charge is 2.32. The van der Waals surface area contributed by atoms with E-state index in [9.17, 15) is 5.11 Å². The molecule has 0 saturated carbocycles. The van der Waals surface area contributed by atoms with Crippen LogP contribution in [0.25, 0.3) is 0 Å². The lowest BCUT2D eigenvalue weighted by Crippen LogP contribution is -2.48. The molecule has 4 nitrogen and oxygen atoms in total. The Balaban J connectivity index is 1.69. The molecule has 0 aromatic carbocycles. The van der Waals surface area contributed by atoms with E-state index in [1.54, 1.807) is 0 Å². The van der Waals surface area contributed by atoms with E-state index >= 15 is 0 Å². The van der Waals surface area contributed by atoms with E-state index in [4.69, 9.17) is 4.74 Å². The minimum atomic E-state index is -0.608. The molecule has 0 aromatic heterocycles. The van der Waals surface area contributed by atoms with Gasteiger partial charge in [-0.15, -0.1) is 0 Å². The number of likely N-dealkylation sites (tertiary alicyclic amines) is 1. The molecule has 88 valence electrons. The van der Waals surface area contributed by atoms with E-state index in [-0.39, 0.29) is 0 Å². The topological polar surface area (TPSA) is 44.7 Å². The Labute approximate surface area is 91.6 Å². The highest BCUT2D eigenvalue weighted by atomic mass is 16.5. The molecule has 2 rings (SSSR count). The van der Waals surface area contributed by atoms with Crippen molar-refractivity contribution in [1.29, 1.82) is 0 Å². The minimum absolute atomic E-state index is 0.493. The van der Waals surface area contributed by atoms with Gasteiger partial charge in [0.2, 0.25) is 0 Å². The molecule has 2 N–H and O–H groups in total. The second-order valence-electron chi connectivity index (χ2n) is 4.99. The number of piperidine rings is 1. The molecule has 4 heteroatoms. The van der Waals surface area contributed by atoms with Gasteiger partial charge in [-0.05, 0) is 33.0 Å². The van der Waals surface area contributed by atoms with Crippen molar-refractivity contribution in [1.82, 2.24) is 10.2 Å². The summed E-state index contributed by atoms with van der Waals surface area (Å²) < 4.78 is 5.22. The van der Waals surface area contributed by atoms with Crippen molar-refractivity contribution in [2.75, 3.05) is 39.9 Å². The van der Waals surface area contributed by atoms with Gasteiger partial charge in [-0.3, -0.25) is 0 Å². The molecular weight excluding hydrogens is 192 g/mol. The Hall–Kier alpha value is -0.160. The maximum Gasteiger partial charge on any atom is 0.102 e. The number of aliphatic hydroxyl groups is 1. The molecule has 2 aliphatic rings. The summed E-state index contributed by atoms with van der Waals surface area (Å²) in [5.41, 5.74) is -0.608. The molecule has 2 saturated heterocycles. The van der Waals surface area contributed by atoms with Crippen LogP contribution in [-0.4, -0.2) is 61.5 Å². The van der Waals surface area contributed by atoms with Crippen LogP contribution in [0.4, 0.5) is 0 Å². The Morgan fingerprint density at radius 3 is 2.80 bits per heavy atom. The highest BCUT2D eigenvalue weighted by molar-refractivity contribution is 4.87. The van der Waals surface area contributed by atoms with Gasteiger partial charge in [0.1, 0.15) is 5.60 Å². The maximum absolute atomic E-state index is 10.1. The summed E-state index contributed by atoms with van der Waals surface area (Å²) in [7, 11) is 2.16. The van der Waals surface area contributed by atoms with Gasteiger partial charge in [0.25, 0.3) is 0 Å². The molecule has 0 amide bonds. The molecule has 2 aliphatic heterocycles. The zero-order chi connectivity index (χ0) is 10.7. The molecule has 0 radical (unpaired) electrons. The second-order valence-corrected chi connectivity index (χ2v) is 4.99. The zero-order valence-electron chi connectivity index (χ0n) is 9.54. The number of nitrogens with one attached hydrogen (secondary N) is 1. The Kier molecular flexibility index (Phi) is 3.61. The van der Waals surface area contributed by atoms with E-state index in [2.05, 4.69) is 17.3 Å². The summed E-state index contributed by atoms with van der Waals surface area (Å²) in [4.78, 5) is 2.35. The number of nitrogens with zero attached hydrogens (tertiary/aromatic N) is 1. The summed E-state index contributed by atoms with van der Waals surface area (Å²) in [6, 6.07) is 0.575. The average Bonchev–Trinajstić information content (AvgIpc) is 2.65. The van der Waals surface area contributed by atoms with E-state index < -0.39 is 5.60 Å². The van der Waals surface area contributed by atoms with Crippen LogP contribution in [0.5, 0.6) is 0 Å². The molecule has 0 bridgehead atoms. The van der Waals surface area contributed by atoms with Crippen LogP contribution in [0.3, 0.4) is 0 Å². The molecule has 1 unspecified atom stereocenters. The zero-order valence-corrected chi connectivity index (χ0v) is 9.54. The molecule has 1 atom stereocenters. The lowest BCUT2D eigenvalue weighted by Gasteiger charge is -2.32. The van der Waals surface area contributed by atoms with Crippen molar-refractivity contribution < 1.29 is 9.84 Å². The predicted octanol–water partition coefficient (Wildman–Crippen LogP) is -0.178. The fraction of sp³-hybridized carbons (Fsp3) is 1.00. The van der Waals surface area contributed by atoms with Crippen molar-refractivity contribution in [2.45, 2.75) is 30.9 Å². The molecule has 2 heterocycles. The summed E-state index contributed by atoms with van der Waals surface area (Å²) in [5, 5.41) is 13.5. The SMILES string of the molecule is CN1CCC(NCC2(O)CCOC2)CC1. The monoisotopic (exact) mass is 214 g/mol. The summed E-state index contributed by atoms with van der Waals surface area (Å²) in [5.74, 6) is 0. The Morgan fingerprint density at radius 2 is 2.20 bits per heavy atom. The molecule has 2 fully saturated rings. The van der Waals surface area contributed by atoms with E-state index in [0.717, 1.165) is 19.5 Å². The van der Waals surface area contributed by atoms with Crippen LogP contribution < -0.4 is 5.32 Å². The molecular formula is C11H22N2O2. The number of hydrogen-bond donors (Lipinski definition) is 2. The van der Waals surface area contributed by atoms with Gasteiger partial charge in [0.15, 0.2) is 0 Å². The first-order valence-corrected chi connectivity index (χ1v) is 5.90. The normalized spacial score (nSPS) is 34.8. The summed E-state index contributed by atoms with van der Waals surface area (Å²) in [6.07, 6.45) is 3.15. The van der Waals surface area contributed by atoms with Crippen LogP contribution in [0, 0.1) is 0 Å². The average molecular weight is 214 g/mol. The van der Waals surface area contributed by atoms with Crippen LogP contribution in [-0.2, 0) is 4.74 Å². The standard InChI is InChI=1S/C11H22N2O2/c1-13-5-2-10(3-6-13)12-8-11(14)4-7-15-9-11/h10,12,14H,2-9H2,1H3. The van der Waals surface area contributed by atoms with Gasteiger partial charge in [-0.2, -0.15) is 0 Å². The predicted molar refractivity (Wildman–Crippen MR) is 58.9 cm³/mol. The van der Waals surface area contributed by atoms with E-state index in [1.807, 2.05) is 0 Å². The third-order valence-corrected chi connectivity index (χ3v) is 3.52. The van der Waals surface area contributed by atoms with Crippen LogP contribution >= 0.6 is 0 Å². The first-order valence-electron chi connectivity index (χ1n) is 5.90. The lowest BCUT2D eigenvalue weighted by molar-refractivity contribution is 0.0229. The molecule has 0 spiro atoms. The van der Waals surface area contributed by atoms with Crippen molar-refractivity contribution in [2.24, 2.45) is 0 Å². The number of hydrogen-bond acceptors (Lipinski definition) is 4. The third kappa shape index (κ3) is 3.14. The third-order valence-electron chi connectivity index (χ3n) is 3.52. The van der Waals surface area contributed by atoms with Crippen molar-refractivity contribution in [3.8, 4) is 0 Å². The summed E-state index contributed by atoms with van der Waals surface area (Å²) >= 11 is 0. The van der Waals surface area contributed by atoms with Gasteiger partial charge >= 0.3 is 0 Å². The first kappa shape index (κ1) is 11.3. The highest BCUT2D eigenvalue weighted by Crippen LogP contribution is 2.18. The Morgan fingerprint density at radius 1 is 1.47 bits per heavy atom. The van der Waals surface area contributed by atoms with Gasteiger partial charge in [-0.1, -0.05) is 0 Å². The van der Waals surface area contributed by atoms with Gasteiger partial charge in [0.05, 0.1) is 6.61 Å². The van der Waals surface area contributed by atoms with E-state index in [0.29, 0.717) is 25.8 Å². The van der Waals surface area contributed by atoms with Crippen LogP contribution in [0.1, 0.15) is 19.3 Å². The second kappa shape index (κ2) is 4.78. The number of ether oxygens (including phenoxy) is 1. The lowest BCUT2D eigenvalue weighted by atomic mass is 10.0. The fourth-order valence-electron chi connectivity index (χ4n) is 2.28. The fourth-order valence-corrected chi connectivity index (χ4v) is 2.28. The van der Waals surface area contributed by atoms with Gasteiger partial charge < -0.3 is 20.1 Å². The van der Waals surface area contributed by atoms with Crippen molar-refractivity contribution in [3.05, 3.63) is 0 Å². The largest absolute Gasteiger partial charge is 0.386 e. The van der Waals surface area contributed by atoms with Crippen molar-refractivity contribution >= 4 is 0 Å². The van der Waals surface area contributed by atoms with Crippen molar-refractivity contribution in [3.63, 3.8) is 0 Å². The summed E-state index contributed by atoms with van der Waals surface area (Å²) in [6.45, 7) is 4.19. The van der Waals surface area contributed by atoms with Gasteiger partial charge in [0, 0.05) is 25.6 Å². The Bertz CT molecular complexity index is 197. The molecule has 0 aliphatic carbocycles. The van der Waals surface area contributed by atoms with Gasteiger partial charge in [-0.25, -0.2) is 0 Å². The smallest absolute Gasteiger partial charge is 0.102 e. The van der Waals surface area contributed by atoms with E-state index in [1.165, 1.54) is 12.8 Å².